The Morgan fingerprint density at radius 1 is 1.37 bits per heavy atom. The van der Waals surface area contributed by atoms with E-state index in [1.165, 1.54) is 16.6 Å². The quantitative estimate of drug-likeness (QED) is 0.690. The van der Waals surface area contributed by atoms with Crippen molar-refractivity contribution >= 4 is 39.3 Å². The highest BCUT2D eigenvalue weighted by Crippen LogP contribution is 2.37. The molecule has 2 aromatic rings. The monoisotopic (exact) mass is 296 g/mol. The van der Waals surface area contributed by atoms with Crippen molar-refractivity contribution in [1.82, 2.24) is 9.97 Å². The van der Waals surface area contributed by atoms with Crippen LogP contribution in [0.25, 0.3) is 10.2 Å². The van der Waals surface area contributed by atoms with Crippen LogP contribution in [0.15, 0.2) is 5.03 Å². The van der Waals surface area contributed by atoms with Crippen molar-refractivity contribution in [1.29, 1.82) is 0 Å². The molecule has 0 radical (unpaired) electrons. The number of thiophene rings is 1. The van der Waals surface area contributed by atoms with Gasteiger partial charge in [0.25, 0.3) is 0 Å². The van der Waals surface area contributed by atoms with Gasteiger partial charge in [-0.1, -0.05) is 18.7 Å². The molecule has 0 saturated heterocycles. The molecule has 0 amide bonds. The summed E-state index contributed by atoms with van der Waals surface area (Å²) in [4.78, 5) is 22.2. The van der Waals surface area contributed by atoms with E-state index in [1.807, 2.05) is 20.8 Å². The Morgan fingerprint density at radius 2 is 2.05 bits per heavy atom. The lowest BCUT2D eigenvalue weighted by molar-refractivity contribution is -0.136. The Balaban J connectivity index is 2.55. The molecule has 0 fully saturated rings. The van der Waals surface area contributed by atoms with Crippen molar-refractivity contribution in [3.05, 3.63) is 16.3 Å². The van der Waals surface area contributed by atoms with Gasteiger partial charge >= 0.3 is 5.97 Å². The molecular weight excluding hydrogens is 280 g/mol. The number of fused-ring (bicyclic) bond motifs is 1. The zero-order valence-corrected chi connectivity index (χ0v) is 13.0. The second-order valence-electron chi connectivity index (χ2n) is 4.39. The van der Waals surface area contributed by atoms with Gasteiger partial charge in [0, 0.05) is 10.3 Å². The van der Waals surface area contributed by atoms with Crippen LogP contribution in [0.2, 0.25) is 0 Å². The van der Waals surface area contributed by atoms with E-state index in [2.05, 4.69) is 16.9 Å². The third-order valence-corrected chi connectivity index (χ3v) is 5.45. The third kappa shape index (κ3) is 2.74. The van der Waals surface area contributed by atoms with Crippen molar-refractivity contribution in [3.63, 3.8) is 0 Å². The molecule has 2 heterocycles. The van der Waals surface area contributed by atoms with Crippen molar-refractivity contribution < 1.29 is 9.90 Å². The Labute approximate surface area is 120 Å². The fourth-order valence-corrected chi connectivity index (χ4v) is 4.07. The van der Waals surface area contributed by atoms with Gasteiger partial charge in [0.15, 0.2) is 0 Å². The third-order valence-electron chi connectivity index (χ3n) is 3.01. The van der Waals surface area contributed by atoms with Crippen LogP contribution in [0.5, 0.6) is 0 Å². The van der Waals surface area contributed by atoms with Gasteiger partial charge in [0.05, 0.1) is 0 Å². The van der Waals surface area contributed by atoms with Gasteiger partial charge in [0.1, 0.15) is 20.9 Å². The first kappa shape index (κ1) is 14.3. The zero-order chi connectivity index (χ0) is 14.2. The predicted octanol–water partition coefficient (Wildman–Crippen LogP) is 3.57. The Kier molecular flexibility index (Phi) is 4.10. The molecule has 1 N–H and O–H groups in total. The van der Waals surface area contributed by atoms with E-state index in [0.717, 1.165) is 20.8 Å². The number of nitrogens with zero attached hydrogens (tertiary/aromatic N) is 2. The average Bonchev–Trinajstić information content (AvgIpc) is 2.61. The number of aryl methyl sites for hydroxylation is 3. The maximum Gasteiger partial charge on any atom is 0.317 e. The topological polar surface area (TPSA) is 63.1 Å². The summed E-state index contributed by atoms with van der Waals surface area (Å²) in [6, 6.07) is 0. The minimum atomic E-state index is -0.790. The molecule has 102 valence electrons. The van der Waals surface area contributed by atoms with E-state index < -0.39 is 11.2 Å². The van der Waals surface area contributed by atoms with Gasteiger partial charge in [0.2, 0.25) is 0 Å². The highest BCUT2D eigenvalue weighted by molar-refractivity contribution is 8.00. The summed E-state index contributed by atoms with van der Waals surface area (Å²) >= 11 is 2.96. The predicted molar refractivity (Wildman–Crippen MR) is 79.2 cm³/mol. The molecule has 6 heteroatoms. The second kappa shape index (κ2) is 5.46. The van der Waals surface area contributed by atoms with Gasteiger partial charge in [-0.15, -0.1) is 11.3 Å². The summed E-state index contributed by atoms with van der Waals surface area (Å²) in [5.74, 6) is -0.0991. The van der Waals surface area contributed by atoms with Gasteiger partial charge < -0.3 is 5.11 Å². The summed E-state index contributed by atoms with van der Waals surface area (Å²) < 4.78 is 0. The number of hydrogen-bond donors (Lipinski definition) is 1. The van der Waals surface area contributed by atoms with E-state index in [-0.39, 0.29) is 0 Å². The van der Waals surface area contributed by atoms with Crippen molar-refractivity contribution in [2.75, 3.05) is 0 Å². The van der Waals surface area contributed by atoms with E-state index >= 15 is 0 Å². The molecule has 0 saturated carbocycles. The maximum atomic E-state index is 11.2. The van der Waals surface area contributed by atoms with Gasteiger partial charge in [-0.05, 0) is 32.8 Å². The fraction of sp³-hybridized carbons (Fsp3) is 0.462. The van der Waals surface area contributed by atoms with Gasteiger partial charge in [-0.25, -0.2) is 9.97 Å². The zero-order valence-electron chi connectivity index (χ0n) is 11.4. The number of thioether (sulfide) groups is 1. The van der Waals surface area contributed by atoms with Crippen LogP contribution in [0.4, 0.5) is 0 Å². The summed E-state index contributed by atoms with van der Waals surface area (Å²) in [6.45, 7) is 7.82. The minimum absolute atomic E-state index is 0.461. The minimum Gasteiger partial charge on any atom is -0.480 e. The normalized spacial score (nSPS) is 12.8. The van der Waals surface area contributed by atoms with Crippen LogP contribution in [0, 0.1) is 20.8 Å². The van der Waals surface area contributed by atoms with Crippen LogP contribution in [0.1, 0.15) is 29.6 Å². The molecular formula is C13H16N2O2S2. The van der Waals surface area contributed by atoms with E-state index in [0.29, 0.717) is 12.2 Å². The van der Waals surface area contributed by atoms with E-state index in [4.69, 9.17) is 0 Å². The first-order valence-corrected chi connectivity index (χ1v) is 7.77. The van der Waals surface area contributed by atoms with Crippen molar-refractivity contribution in [2.24, 2.45) is 0 Å². The van der Waals surface area contributed by atoms with Gasteiger partial charge in [-0.3, -0.25) is 4.79 Å². The molecule has 0 aromatic carbocycles. The number of aliphatic carboxylic acids is 1. The van der Waals surface area contributed by atoms with E-state index in [9.17, 15) is 9.90 Å². The standard InChI is InChI=1S/C13H16N2O2S2/c1-5-9(13(16)17)19-12-10-6(2)7(3)18-11(10)14-8(4)15-12/h9H,5H2,1-4H3,(H,16,17). The number of aromatic nitrogens is 2. The second-order valence-corrected chi connectivity index (χ2v) is 6.79. The van der Waals surface area contributed by atoms with E-state index in [1.54, 1.807) is 11.3 Å². The molecule has 2 aromatic heterocycles. The first-order chi connectivity index (χ1) is 8.93. The molecule has 0 aliphatic heterocycles. The summed E-state index contributed by atoms with van der Waals surface area (Å²) in [5.41, 5.74) is 1.16. The summed E-state index contributed by atoms with van der Waals surface area (Å²) in [6.07, 6.45) is 0.576. The molecule has 4 nitrogen and oxygen atoms in total. The molecule has 0 aliphatic carbocycles. The number of carbonyl (C=O) groups is 1. The smallest absolute Gasteiger partial charge is 0.317 e. The Morgan fingerprint density at radius 3 is 2.63 bits per heavy atom. The number of carboxylic acid groups (broad SMARTS) is 1. The van der Waals surface area contributed by atoms with Gasteiger partial charge in [-0.2, -0.15) is 0 Å². The van der Waals surface area contributed by atoms with Crippen LogP contribution >= 0.6 is 23.1 Å². The lowest BCUT2D eigenvalue weighted by atomic mass is 10.2. The van der Waals surface area contributed by atoms with Crippen molar-refractivity contribution in [3.8, 4) is 0 Å². The number of carboxylic acids is 1. The fourth-order valence-electron chi connectivity index (χ4n) is 1.84. The molecule has 2 rings (SSSR count). The Bertz CT molecular complexity index is 637. The highest BCUT2D eigenvalue weighted by Gasteiger charge is 2.21. The maximum absolute atomic E-state index is 11.2. The molecule has 0 aliphatic rings. The Hall–Kier alpha value is -1.14. The van der Waals surface area contributed by atoms with Crippen LogP contribution < -0.4 is 0 Å². The van der Waals surface area contributed by atoms with Crippen LogP contribution in [-0.4, -0.2) is 26.3 Å². The lowest BCUT2D eigenvalue weighted by Gasteiger charge is -2.10. The van der Waals surface area contributed by atoms with Crippen LogP contribution in [0.3, 0.4) is 0 Å². The highest BCUT2D eigenvalue weighted by atomic mass is 32.2. The number of rotatable bonds is 4. The largest absolute Gasteiger partial charge is 0.480 e. The average molecular weight is 296 g/mol. The molecule has 0 bridgehead atoms. The SMILES string of the molecule is CCC(Sc1nc(C)nc2sc(C)c(C)c12)C(=O)O. The summed E-state index contributed by atoms with van der Waals surface area (Å²) in [5, 5.41) is 10.5. The summed E-state index contributed by atoms with van der Waals surface area (Å²) in [7, 11) is 0. The number of hydrogen-bond acceptors (Lipinski definition) is 5. The van der Waals surface area contributed by atoms with Crippen molar-refractivity contribution in [2.45, 2.75) is 44.4 Å². The first-order valence-electron chi connectivity index (χ1n) is 6.07. The molecule has 19 heavy (non-hydrogen) atoms. The molecule has 1 atom stereocenters. The molecule has 0 spiro atoms. The lowest BCUT2D eigenvalue weighted by Crippen LogP contribution is -2.15. The molecule has 1 unspecified atom stereocenters. The van der Waals surface area contributed by atoms with Crippen LogP contribution in [-0.2, 0) is 4.79 Å².